The van der Waals surface area contributed by atoms with Crippen LogP contribution in [0.1, 0.15) is 17.4 Å². The summed E-state index contributed by atoms with van der Waals surface area (Å²) < 4.78 is 34.8. The zero-order chi connectivity index (χ0) is 24.7. The van der Waals surface area contributed by atoms with Crippen LogP contribution in [0.5, 0.6) is 0 Å². The lowest BCUT2D eigenvalue weighted by Gasteiger charge is -2.32. The summed E-state index contributed by atoms with van der Waals surface area (Å²) in [5.74, 6) is 0. The molecule has 0 radical (unpaired) electrons. The highest BCUT2D eigenvalue weighted by Gasteiger charge is 2.57. The van der Waals surface area contributed by atoms with Gasteiger partial charge in [-0.15, -0.1) is 0 Å². The number of H-pyrrole nitrogens is 1. The van der Waals surface area contributed by atoms with Crippen molar-refractivity contribution in [2.24, 2.45) is 5.11 Å². The molecule has 0 aliphatic carbocycles. The third-order valence-corrected chi connectivity index (χ3v) is 5.69. The Hall–Kier alpha value is -3.76. The molecular formula is C24H24FN5O5. The Bertz CT molecular complexity index is 1280. The molecule has 1 aromatic heterocycles. The van der Waals surface area contributed by atoms with Gasteiger partial charge in [-0.3, -0.25) is 14.3 Å². The molecule has 35 heavy (non-hydrogen) atoms. The van der Waals surface area contributed by atoms with Crippen molar-refractivity contribution in [2.45, 2.75) is 37.3 Å². The third-order valence-electron chi connectivity index (χ3n) is 5.69. The first-order chi connectivity index (χ1) is 17.0. The van der Waals surface area contributed by atoms with Crippen LogP contribution in [0, 0.1) is 0 Å². The lowest BCUT2D eigenvalue weighted by Crippen LogP contribution is -2.50. The molecule has 10 nitrogen and oxygen atoms in total. The molecule has 2 aromatic carbocycles. The second-order valence-electron chi connectivity index (χ2n) is 8.12. The van der Waals surface area contributed by atoms with Crippen molar-refractivity contribution >= 4 is 0 Å². The maximum absolute atomic E-state index is 15.9. The minimum absolute atomic E-state index is 0.0548. The average molecular weight is 481 g/mol. The van der Waals surface area contributed by atoms with E-state index in [9.17, 15) is 9.59 Å². The first kappa shape index (κ1) is 24.4. The van der Waals surface area contributed by atoms with Crippen LogP contribution >= 0.6 is 0 Å². The molecule has 182 valence electrons. The molecule has 1 aliphatic heterocycles. The summed E-state index contributed by atoms with van der Waals surface area (Å²) in [6.07, 6.45) is -3.36. The first-order valence-corrected chi connectivity index (χ1v) is 10.9. The van der Waals surface area contributed by atoms with Crippen molar-refractivity contribution in [2.75, 3.05) is 13.2 Å². The predicted molar refractivity (Wildman–Crippen MR) is 124 cm³/mol. The fraction of sp³-hybridized carbons (Fsp3) is 0.333. The quantitative estimate of drug-likeness (QED) is 0.270. The third kappa shape index (κ3) is 5.67. The van der Waals surface area contributed by atoms with E-state index in [4.69, 9.17) is 19.7 Å². The van der Waals surface area contributed by atoms with Crippen molar-refractivity contribution in [1.29, 1.82) is 0 Å². The van der Waals surface area contributed by atoms with E-state index in [-0.39, 0.29) is 26.4 Å². The maximum atomic E-state index is 15.9. The highest BCUT2D eigenvalue weighted by molar-refractivity contribution is 5.15. The number of benzene rings is 2. The molecule has 3 aromatic rings. The number of azide groups is 1. The first-order valence-electron chi connectivity index (χ1n) is 10.9. The Morgan fingerprint density at radius 1 is 1.06 bits per heavy atom. The Morgan fingerprint density at radius 2 is 1.71 bits per heavy atom. The van der Waals surface area contributed by atoms with Gasteiger partial charge in [0.1, 0.15) is 11.7 Å². The lowest BCUT2D eigenvalue weighted by molar-refractivity contribution is -0.151. The van der Waals surface area contributed by atoms with Crippen LogP contribution in [-0.2, 0) is 27.4 Å². The van der Waals surface area contributed by atoms with Gasteiger partial charge in [-0.2, -0.15) is 0 Å². The van der Waals surface area contributed by atoms with Crippen LogP contribution in [0.25, 0.3) is 10.4 Å². The van der Waals surface area contributed by atoms with Gasteiger partial charge in [0.2, 0.25) is 0 Å². The van der Waals surface area contributed by atoms with Gasteiger partial charge < -0.3 is 14.2 Å². The summed E-state index contributed by atoms with van der Waals surface area (Å²) in [6, 6.07) is 19.6. The number of aromatic nitrogens is 2. The molecular weight excluding hydrogens is 457 g/mol. The Balaban J connectivity index is 1.65. The molecule has 4 atom stereocenters. The lowest BCUT2D eigenvalue weighted by atomic mass is 9.96. The van der Waals surface area contributed by atoms with E-state index in [1.54, 1.807) is 0 Å². The smallest absolute Gasteiger partial charge is 0.330 e. The van der Waals surface area contributed by atoms with Crippen molar-refractivity contribution in [3.8, 4) is 0 Å². The summed E-state index contributed by atoms with van der Waals surface area (Å²) >= 11 is 0. The molecule has 1 fully saturated rings. The van der Waals surface area contributed by atoms with E-state index >= 15 is 4.39 Å². The van der Waals surface area contributed by atoms with Gasteiger partial charge in [0.25, 0.3) is 5.56 Å². The van der Waals surface area contributed by atoms with Gasteiger partial charge in [0.05, 0.1) is 26.4 Å². The molecule has 1 N–H and O–H groups in total. The van der Waals surface area contributed by atoms with Crippen LogP contribution in [-0.4, -0.2) is 40.6 Å². The molecule has 0 unspecified atom stereocenters. The summed E-state index contributed by atoms with van der Waals surface area (Å²) in [6.45, 7) is -0.213. The van der Waals surface area contributed by atoms with Crippen molar-refractivity contribution in [3.63, 3.8) is 0 Å². The summed E-state index contributed by atoms with van der Waals surface area (Å²) in [5.41, 5.74) is 7.69. The Kier molecular flexibility index (Phi) is 7.74. The molecule has 0 spiro atoms. The predicted octanol–water partition coefficient (Wildman–Crippen LogP) is 3.25. The second kappa shape index (κ2) is 11.1. The van der Waals surface area contributed by atoms with E-state index in [1.165, 1.54) is 0 Å². The number of halogens is 1. The van der Waals surface area contributed by atoms with Crippen LogP contribution in [0.3, 0.4) is 0 Å². The Morgan fingerprint density at radius 3 is 2.34 bits per heavy atom. The van der Waals surface area contributed by atoms with E-state index in [0.717, 1.165) is 28.0 Å². The topological polar surface area (TPSA) is 131 Å². The van der Waals surface area contributed by atoms with Crippen molar-refractivity contribution in [3.05, 3.63) is 115 Å². The van der Waals surface area contributed by atoms with E-state index < -0.39 is 35.4 Å². The van der Waals surface area contributed by atoms with Crippen molar-refractivity contribution < 1.29 is 18.6 Å². The fourth-order valence-electron chi connectivity index (χ4n) is 4.01. The summed E-state index contributed by atoms with van der Waals surface area (Å²) in [4.78, 5) is 28.8. The summed E-state index contributed by atoms with van der Waals surface area (Å²) in [7, 11) is 0. The minimum atomic E-state index is -1.84. The monoisotopic (exact) mass is 481 g/mol. The maximum Gasteiger partial charge on any atom is 0.330 e. The Labute approximate surface area is 199 Å². The molecule has 1 saturated heterocycles. The number of rotatable bonds is 10. The molecule has 0 saturated carbocycles. The van der Waals surface area contributed by atoms with E-state index in [2.05, 4.69) is 15.0 Å². The van der Waals surface area contributed by atoms with Gasteiger partial charge in [0.15, 0.2) is 12.4 Å². The van der Waals surface area contributed by atoms with Crippen LogP contribution in [0.4, 0.5) is 4.39 Å². The molecule has 2 heterocycles. The summed E-state index contributed by atoms with van der Waals surface area (Å²) in [5, 5.41) is 3.64. The number of hydrogen-bond acceptors (Lipinski definition) is 6. The van der Waals surface area contributed by atoms with Gasteiger partial charge >= 0.3 is 5.69 Å². The van der Waals surface area contributed by atoms with E-state index in [1.807, 2.05) is 60.7 Å². The van der Waals surface area contributed by atoms with Crippen LogP contribution in [0.15, 0.2) is 87.6 Å². The zero-order valence-electron chi connectivity index (χ0n) is 18.7. The molecule has 0 bridgehead atoms. The van der Waals surface area contributed by atoms with Gasteiger partial charge in [-0.05, 0) is 16.7 Å². The molecule has 0 amide bonds. The SMILES string of the molecule is [N-]=[N+]=NC[C@]1(COCc2ccccc2)O[C@@H](n2ccc(=O)[nH]c2=O)[C@H](F)[C@@H]1OCc1ccccc1. The number of nitrogens with zero attached hydrogens (tertiary/aromatic N) is 4. The number of nitrogens with one attached hydrogen (secondary N) is 1. The van der Waals surface area contributed by atoms with Gasteiger partial charge in [0, 0.05) is 17.2 Å². The number of aromatic amines is 1. The van der Waals surface area contributed by atoms with E-state index in [0.29, 0.717) is 0 Å². The largest absolute Gasteiger partial charge is 0.374 e. The highest BCUT2D eigenvalue weighted by Crippen LogP contribution is 2.41. The minimum Gasteiger partial charge on any atom is -0.374 e. The second-order valence-corrected chi connectivity index (χ2v) is 8.12. The van der Waals surface area contributed by atoms with Crippen LogP contribution in [0.2, 0.25) is 0 Å². The number of hydrogen-bond donors (Lipinski definition) is 1. The van der Waals surface area contributed by atoms with Crippen molar-refractivity contribution in [1.82, 2.24) is 9.55 Å². The van der Waals surface area contributed by atoms with Crippen LogP contribution < -0.4 is 11.2 Å². The normalized spacial score (nSPS) is 23.6. The zero-order valence-corrected chi connectivity index (χ0v) is 18.7. The number of ether oxygens (including phenoxy) is 3. The molecule has 11 heteroatoms. The standard InChI is InChI=1S/C24H24FN5O5/c25-20-21(34-14-18-9-5-2-6-10-18)24(15-27-29-26,16-33-13-17-7-3-1-4-8-17)35-22(20)30-12-11-19(31)28-23(30)32/h1-12,20-22H,13-16H2,(H,28,31,32)/t20-,21+,22-,24-/m1/s1. The average Bonchev–Trinajstić information content (AvgIpc) is 3.14. The highest BCUT2D eigenvalue weighted by atomic mass is 19.1. The van der Waals surface area contributed by atoms with Gasteiger partial charge in [-0.1, -0.05) is 65.8 Å². The van der Waals surface area contributed by atoms with Gasteiger partial charge in [-0.25, -0.2) is 9.18 Å². The molecule has 4 rings (SSSR count). The number of alkyl halides is 1. The molecule has 1 aliphatic rings. The fourth-order valence-corrected chi connectivity index (χ4v) is 4.01.